The average molecular weight is 531 g/mol. The van der Waals surface area contributed by atoms with Crippen LogP contribution < -0.4 is 0 Å². The van der Waals surface area contributed by atoms with Gasteiger partial charge in [0.15, 0.2) is 6.29 Å². The quantitative estimate of drug-likeness (QED) is 0.330. The molecule has 0 aromatic heterocycles. The van der Waals surface area contributed by atoms with Gasteiger partial charge in [-0.2, -0.15) is 0 Å². The number of aliphatic hydroxyl groups excluding tert-OH is 2. The number of hydrogen-bond acceptors (Lipinski definition) is 9. The zero-order valence-electron chi connectivity index (χ0n) is 22.1. The van der Waals surface area contributed by atoms with Crippen molar-refractivity contribution in [2.45, 2.75) is 82.3 Å². The van der Waals surface area contributed by atoms with Gasteiger partial charge in [-0.05, 0) is 18.1 Å². The van der Waals surface area contributed by atoms with Gasteiger partial charge in [0.25, 0.3) is 0 Å². The highest BCUT2D eigenvalue weighted by Crippen LogP contribution is 2.65. The molecule has 4 N–H and O–H groups in total. The first kappa shape index (κ1) is 27.4. The molecule has 0 radical (unpaired) electrons. The Bertz CT molecular complexity index is 1110. The Kier molecular flexibility index (Phi) is 6.86. The Morgan fingerprint density at radius 1 is 1.18 bits per heavy atom. The second kappa shape index (κ2) is 9.50. The summed E-state index contributed by atoms with van der Waals surface area (Å²) in [6.07, 6.45) is -0.660. The number of carbonyl (C=O) groups is 2. The van der Waals surface area contributed by atoms with E-state index in [1.807, 2.05) is 37.3 Å². The van der Waals surface area contributed by atoms with E-state index in [9.17, 15) is 30.0 Å². The third kappa shape index (κ3) is 3.90. The highest BCUT2D eigenvalue weighted by atomic mass is 16.7. The molecule has 4 aliphatic rings. The van der Waals surface area contributed by atoms with Crippen molar-refractivity contribution in [3.05, 3.63) is 42.0 Å². The van der Waals surface area contributed by atoms with E-state index in [-0.39, 0.29) is 25.0 Å². The Hall–Kier alpha value is -2.14. The minimum Gasteiger partial charge on any atom is -0.456 e. The predicted octanol–water partition coefficient (Wildman–Crippen LogP) is 1.60. The third-order valence-electron chi connectivity index (χ3n) is 10.2. The van der Waals surface area contributed by atoms with E-state index in [1.54, 1.807) is 19.9 Å². The second-order valence-corrected chi connectivity index (χ2v) is 12.0. The van der Waals surface area contributed by atoms with Gasteiger partial charge in [0, 0.05) is 48.0 Å². The molecular weight excluding hydrogens is 492 g/mol. The lowest BCUT2D eigenvalue weighted by Gasteiger charge is -2.66. The first-order valence-electron chi connectivity index (χ1n) is 13.4. The van der Waals surface area contributed by atoms with Crippen molar-refractivity contribution in [2.24, 2.45) is 22.7 Å². The summed E-state index contributed by atoms with van der Waals surface area (Å²) in [4.78, 5) is 26.6. The van der Waals surface area contributed by atoms with Crippen LogP contribution >= 0.6 is 0 Å². The van der Waals surface area contributed by atoms with Crippen LogP contribution in [0, 0.1) is 22.7 Å². The molecule has 2 saturated heterocycles. The van der Waals surface area contributed by atoms with E-state index in [4.69, 9.17) is 14.2 Å². The molecule has 5 rings (SSSR count). The molecule has 0 bridgehead atoms. The molecule has 0 spiro atoms. The normalized spacial score (nSPS) is 46.7. The lowest BCUT2D eigenvalue weighted by molar-refractivity contribution is -0.294. The molecule has 2 aliphatic heterocycles. The molecule has 2 heterocycles. The number of fused-ring (bicyclic) bond motifs is 2. The maximum atomic E-state index is 13.6. The third-order valence-corrected chi connectivity index (χ3v) is 10.2. The van der Waals surface area contributed by atoms with Gasteiger partial charge in [-0.3, -0.25) is 4.79 Å². The number of ether oxygens (including phenoxy) is 3. The minimum absolute atomic E-state index is 0.0214. The summed E-state index contributed by atoms with van der Waals surface area (Å²) in [5.41, 5.74) is -4.86. The van der Waals surface area contributed by atoms with Crippen molar-refractivity contribution < 1.29 is 44.2 Å². The van der Waals surface area contributed by atoms with Crippen LogP contribution in [0.3, 0.4) is 0 Å². The number of Topliss-reactive ketones (excluding diaryl/α,β-unsaturated/α-hetero) is 1. The van der Waals surface area contributed by atoms with Gasteiger partial charge in [-0.15, -0.1) is 0 Å². The number of aliphatic hydroxyl groups is 4. The Labute approximate surface area is 222 Å². The fraction of sp³-hybridized carbons (Fsp3) is 0.655. The van der Waals surface area contributed by atoms with Crippen LogP contribution in [0.5, 0.6) is 0 Å². The van der Waals surface area contributed by atoms with Gasteiger partial charge in [0.1, 0.15) is 23.6 Å². The van der Waals surface area contributed by atoms with Gasteiger partial charge in [0.2, 0.25) is 0 Å². The SMILES string of the molecule is C[C@@H]1[C@@H](OC(=O)/C=C\c2ccccc2)[C@H](O)[C@]2(C)[C@H](C(=O)CC[C@]2(O)CO)[C@@]1(C)[C@@H]1C[C@]2(O)CCO[C@H]2O1. The lowest BCUT2D eigenvalue weighted by atomic mass is 9.41. The molecule has 1 aromatic carbocycles. The first-order chi connectivity index (χ1) is 17.9. The molecule has 1 aromatic rings. The van der Waals surface area contributed by atoms with E-state index in [1.165, 1.54) is 6.08 Å². The van der Waals surface area contributed by atoms with Crippen LogP contribution in [-0.2, 0) is 23.8 Å². The van der Waals surface area contributed by atoms with E-state index in [0.717, 1.165) is 5.56 Å². The molecule has 10 atom stereocenters. The van der Waals surface area contributed by atoms with Crippen LogP contribution in [0.15, 0.2) is 36.4 Å². The van der Waals surface area contributed by atoms with Gasteiger partial charge >= 0.3 is 5.97 Å². The molecule has 9 heteroatoms. The van der Waals surface area contributed by atoms with Crippen LogP contribution in [0.25, 0.3) is 6.08 Å². The van der Waals surface area contributed by atoms with Crippen LogP contribution in [0.4, 0.5) is 0 Å². The smallest absolute Gasteiger partial charge is 0.331 e. The number of esters is 1. The van der Waals surface area contributed by atoms with E-state index >= 15 is 0 Å². The number of hydrogen-bond donors (Lipinski definition) is 4. The topological polar surface area (TPSA) is 143 Å². The molecular formula is C29H38O9. The van der Waals surface area contributed by atoms with Crippen molar-refractivity contribution in [2.75, 3.05) is 13.2 Å². The number of carbonyl (C=O) groups excluding carboxylic acids is 2. The largest absolute Gasteiger partial charge is 0.456 e. The lowest BCUT2D eigenvalue weighted by Crippen LogP contribution is -2.76. The second-order valence-electron chi connectivity index (χ2n) is 12.0. The molecule has 4 fully saturated rings. The van der Waals surface area contributed by atoms with E-state index < -0.39 is 71.0 Å². The Morgan fingerprint density at radius 3 is 2.55 bits per heavy atom. The summed E-state index contributed by atoms with van der Waals surface area (Å²) in [6, 6.07) is 9.22. The first-order valence-corrected chi connectivity index (χ1v) is 13.4. The predicted molar refractivity (Wildman–Crippen MR) is 135 cm³/mol. The maximum absolute atomic E-state index is 13.6. The van der Waals surface area contributed by atoms with Gasteiger partial charge in [-0.25, -0.2) is 4.79 Å². The summed E-state index contributed by atoms with van der Waals surface area (Å²) in [5.74, 6) is -2.40. The highest BCUT2D eigenvalue weighted by molar-refractivity contribution is 5.87. The molecule has 38 heavy (non-hydrogen) atoms. The summed E-state index contributed by atoms with van der Waals surface area (Å²) in [6.45, 7) is 4.90. The van der Waals surface area contributed by atoms with E-state index in [2.05, 4.69) is 0 Å². The van der Waals surface area contributed by atoms with Gasteiger partial charge in [-0.1, -0.05) is 51.1 Å². The van der Waals surface area contributed by atoms with Crippen LogP contribution in [0.2, 0.25) is 0 Å². The van der Waals surface area contributed by atoms with Gasteiger partial charge in [0.05, 0.1) is 24.9 Å². The van der Waals surface area contributed by atoms with Crippen LogP contribution in [-0.4, -0.2) is 81.2 Å². The average Bonchev–Trinajstić information content (AvgIpc) is 3.42. The van der Waals surface area contributed by atoms with Crippen molar-refractivity contribution in [3.8, 4) is 0 Å². The molecule has 208 valence electrons. The number of ketones is 1. The number of benzene rings is 1. The molecule has 9 nitrogen and oxygen atoms in total. The number of rotatable bonds is 5. The molecule has 2 saturated carbocycles. The van der Waals surface area contributed by atoms with Gasteiger partial charge < -0.3 is 34.6 Å². The summed E-state index contributed by atoms with van der Waals surface area (Å²) in [7, 11) is 0. The van der Waals surface area contributed by atoms with Crippen molar-refractivity contribution in [1.29, 1.82) is 0 Å². The van der Waals surface area contributed by atoms with Crippen molar-refractivity contribution in [3.63, 3.8) is 0 Å². The van der Waals surface area contributed by atoms with E-state index in [0.29, 0.717) is 13.0 Å². The summed E-state index contributed by atoms with van der Waals surface area (Å²) in [5, 5.41) is 44.9. The monoisotopic (exact) mass is 530 g/mol. The summed E-state index contributed by atoms with van der Waals surface area (Å²) < 4.78 is 17.7. The molecule has 2 aliphatic carbocycles. The Morgan fingerprint density at radius 2 is 1.89 bits per heavy atom. The minimum atomic E-state index is -1.81. The zero-order valence-corrected chi connectivity index (χ0v) is 22.1. The molecule has 0 amide bonds. The van der Waals surface area contributed by atoms with Crippen molar-refractivity contribution in [1.82, 2.24) is 0 Å². The maximum Gasteiger partial charge on any atom is 0.331 e. The summed E-state index contributed by atoms with van der Waals surface area (Å²) >= 11 is 0. The van der Waals surface area contributed by atoms with Crippen LogP contribution in [0.1, 0.15) is 52.0 Å². The fourth-order valence-electron chi connectivity index (χ4n) is 7.68. The highest BCUT2D eigenvalue weighted by Gasteiger charge is 2.74. The zero-order chi connectivity index (χ0) is 27.5. The molecule has 0 unspecified atom stereocenters. The fourth-order valence-corrected chi connectivity index (χ4v) is 7.68. The Balaban J connectivity index is 1.54. The standard InChI is InChI=1S/C29H38O9/c1-17-22(38-21(32)10-9-18-7-5-4-6-8-18)24(33)27(3)23(19(31)11-12-29(27,35)16-30)26(17,2)20-15-28(34)13-14-36-25(28)37-20/h4-10,17,20,22-25,30,33-35H,11-16H2,1-3H3/b10-9-/t17-,20+,22-,23-,24+,25+,26-,27+,28-,29+/m1/s1. The van der Waals surface area contributed by atoms with Crippen molar-refractivity contribution >= 4 is 17.8 Å².